The standard InChI is InChI=1S/C28H38N8O2/c1-18-10-12-21(32-18)17-30-26(37)19-11-13-24(29-15-19)33-28-31-16-20-14-23(27(38)35(2)3)36(25(20)34-28)22-8-6-4-5-7-9-22/h11,13-16,18,21-22,32H,4-10,12,17H2,1-3H3,(H,30,37)(H,29,31,33,34). The summed E-state index contributed by atoms with van der Waals surface area (Å²) in [6.07, 6.45) is 12.3. The highest BCUT2D eigenvalue weighted by Crippen LogP contribution is 2.33. The highest BCUT2D eigenvalue weighted by molar-refractivity contribution is 5.98. The lowest BCUT2D eigenvalue weighted by atomic mass is 10.1. The normalized spacial score (nSPS) is 20.3. The van der Waals surface area contributed by atoms with Crippen LogP contribution in [0, 0.1) is 0 Å². The molecule has 3 N–H and O–H groups in total. The van der Waals surface area contributed by atoms with Crippen molar-refractivity contribution >= 4 is 34.6 Å². The summed E-state index contributed by atoms with van der Waals surface area (Å²) in [5.74, 6) is 0.780. The van der Waals surface area contributed by atoms with Crippen LogP contribution in [0.25, 0.3) is 11.0 Å². The van der Waals surface area contributed by atoms with Gasteiger partial charge in [0.05, 0.1) is 5.56 Å². The van der Waals surface area contributed by atoms with Crippen molar-refractivity contribution in [3.63, 3.8) is 0 Å². The molecule has 1 aliphatic carbocycles. The average Bonchev–Trinajstić information content (AvgIpc) is 3.39. The Morgan fingerprint density at radius 3 is 2.50 bits per heavy atom. The molecule has 1 saturated heterocycles. The largest absolute Gasteiger partial charge is 0.350 e. The van der Waals surface area contributed by atoms with Crippen molar-refractivity contribution in [3.8, 4) is 0 Å². The monoisotopic (exact) mass is 518 g/mol. The van der Waals surface area contributed by atoms with Crippen LogP contribution in [-0.4, -0.2) is 69.0 Å². The second-order valence-corrected chi connectivity index (χ2v) is 10.8. The first-order chi connectivity index (χ1) is 18.4. The first-order valence-electron chi connectivity index (χ1n) is 13.8. The number of carbonyl (C=O) groups is 2. The van der Waals surface area contributed by atoms with E-state index in [9.17, 15) is 9.59 Å². The molecule has 202 valence electrons. The zero-order valence-electron chi connectivity index (χ0n) is 22.5. The molecule has 0 aromatic carbocycles. The van der Waals surface area contributed by atoms with Crippen molar-refractivity contribution in [2.75, 3.05) is 26.0 Å². The third-order valence-corrected chi connectivity index (χ3v) is 7.63. The molecule has 1 aliphatic heterocycles. The van der Waals surface area contributed by atoms with Crippen LogP contribution in [0.15, 0.2) is 30.6 Å². The number of nitrogens with one attached hydrogen (secondary N) is 3. The Hall–Kier alpha value is -3.53. The number of aromatic nitrogens is 4. The van der Waals surface area contributed by atoms with E-state index in [-0.39, 0.29) is 17.9 Å². The van der Waals surface area contributed by atoms with Crippen LogP contribution < -0.4 is 16.0 Å². The molecule has 3 aromatic rings. The van der Waals surface area contributed by atoms with Gasteiger partial charge in [-0.15, -0.1) is 0 Å². The SMILES string of the molecule is CC1CCC(CNC(=O)c2ccc(Nc3ncc4cc(C(=O)N(C)C)n(C5CCCCCC5)c4n3)nc2)N1. The number of hydrogen-bond donors (Lipinski definition) is 3. The number of pyridine rings is 1. The van der Waals surface area contributed by atoms with E-state index in [1.165, 1.54) is 12.8 Å². The van der Waals surface area contributed by atoms with Gasteiger partial charge in [-0.05, 0) is 50.8 Å². The van der Waals surface area contributed by atoms with Gasteiger partial charge in [-0.3, -0.25) is 9.59 Å². The van der Waals surface area contributed by atoms with Gasteiger partial charge in [0.25, 0.3) is 11.8 Å². The van der Waals surface area contributed by atoms with Crippen LogP contribution in [0.5, 0.6) is 0 Å². The van der Waals surface area contributed by atoms with Gasteiger partial charge in [-0.25, -0.2) is 9.97 Å². The molecule has 0 bridgehead atoms. The maximum atomic E-state index is 13.1. The highest BCUT2D eigenvalue weighted by atomic mass is 16.2. The minimum atomic E-state index is -0.137. The molecule has 2 atom stereocenters. The Kier molecular flexibility index (Phi) is 7.87. The Bertz CT molecular complexity index is 1280. The fourth-order valence-corrected chi connectivity index (χ4v) is 5.56. The lowest BCUT2D eigenvalue weighted by Gasteiger charge is -2.21. The van der Waals surface area contributed by atoms with Gasteiger partial charge in [0, 0.05) is 56.5 Å². The highest BCUT2D eigenvalue weighted by Gasteiger charge is 2.25. The van der Waals surface area contributed by atoms with E-state index in [0.717, 1.165) is 49.6 Å². The molecule has 2 unspecified atom stereocenters. The first kappa shape index (κ1) is 26.1. The number of anilines is 2. The van der Waals surface area contributed by atoms with Crippen molar-refractivity contribution in [2.45, 2.75) is 76.4 Å². The summed E-state index contributed by atoms with van der Waals surface area (Å²) in [6.45, 7) is 2.77. The molecule has 2 aliphatic rings. The second kappa shape index (κ2) is 11.5. The number of rotatable bonds is 7. The minimum absolute atomic E-state index is 0.0319. The number of fused-ring (bicyclic) bond motifs is 1. The van der Waals surface area contributed by atoms with Crippen LogP contribution in [0.1, 0.15) is 85.2 Å². The number of hydrogen-bond acceptors (Lipinski definition) is 7. The Morgan fingerprint density at radius 1 is 1.05 bits per heavy atom. The van der Waals surface area contributed by atoms with Gasteiger partial charge in [0.1, 0.15) is 17.2 Å². The van der Waals surface area contributed by atoms with Crippen molar-refractivity contribution in [1.29, 1.82) is 0 Å². The van der Waals surface area contributed by atoms with E-state index in [0.29, 0.717) is 41.7 Å². The third kappa shape index (κ3) is 5.80. The molecule has 5 rings (SSSR count). The fourth-order valence-electron chi connectivity index (χ4n) is 5.56. The average molecular weight is 519 g/mol. The molecule has 2 fully saturated rings. The van der Waals surface area contributed by atoms with E-state index >= 15 is 0 Å². The lowest BCUT2D eigenvalue weighted by Crippen LogP contribution is -2.39. The molecule has 4 heterocycles. The van der Waals surface area contributed by atoms with Gasteiger partial charge < -0.3 is 25.4 Å². The number of nitrogens with zero attached hydrogens (tertiary/aromatic N) is 5. The third-order valence-electron chi connectivity index (χ3n) is 7.63. The summed E-state index contributed by atoms with van der Waals surface area (Å²) in [5.41, 5.74) is 1.91. The van der Waals surface area contributed by atoms with Crippen molar-refractivity contribution in [1.82, 2.24) is 35.1 Å². The summed E-state index contributed by atoms with van der Waals surface area (Å²) >= 11 is 0. The van der Waals surface area contributed by atoms with Crippen molar-refractivity contribution in [3.05, 3.63) is 41.9 Å². The van der Waals surface area contributed by atoms with E-state index in [2.05, 4.69) is 37.4 Å². The maximum absolute atomic E-state index is 13.1. The molecule has 10 nitrogen and oxygen atoms in total. The summed E-state index contributed by atoms with van der Waals surface area (Å²) < 4.78 is 2.12. The van der Waals surface area contributed by atoms with Gasteiger partial charge in [-0.1, -0.05) is 25.7 Å². The quantitative estimate of drug-likeness (QED) is 0.404. The molecule has 10 heteroatoms. The molecular weight excluding hydrogens is 480 g/mol. The van der Waals surface area contributed by atoms with E-state index in [1.54, 1.807) is 43.5 Å². The molecule has 38 heavy (non-hydrogen) atoms. The molecule has 3 aromatic heterocycles. The van der Waals surface area contributed by atoms with E-state index in [1.807, 2.05) is 6.07 Å². The zero-order chi connectivity index (χ0) is 26.6. The summed E-state index contributed by atoms with van der Waals surface area (Å²) in [4.78, 5) is 40.9. The Labute approximate surface area is 223 Å². The van der Waals surface area contributed by atoms with E-state index < -0.39 is 0 Å². The number of amides is 2. The molecule has 1 saturated carbocycles. The summed E-state index contributed by atoms with van der Waals surface area (Å²) in [5, 5.41) is 10.5. The molecule has 0 spiro atoms. The zero-order valence-corrected chi connectivity index (χ0v) is 22.5. The topological polar surface area (TPSA) is 117 Å². The Balaban J connectivity index is 1.33. The molecular formula is C28H38N8O2. The van der Waals surface area contributed by atoms with Crippen molar-refractivity contribution < 1.29 is 9.59 Å². The number of carbonyl (C=O) groups excluding carboxylic acids is 2. The predicted molar refractivity (Wildman–Crippen MR) is 148 cm³/mol. The van der Waals surface area contributed by atoms with Gasteiger partial charge in [0.15, 0.2) is 0 Å². The van der Waals surface area contributed by atoms with Gasteiger partial charge >= 0.3 is 0 Å². The first-order valence-corrected chi connectivity index (χ1v) is 13.8. The summed E-state index contributed by atoms with van der Waals surface area (Å²) in [7, 11) is 3.55. The maximum Gasteiger partial charge on any atom is 0.270 e. The summed E-state index contributed by atoms with van der Waals surface area (Å²) in [6, 6.07) is 6.45. The lowest BCUT2D eigenvalue weighted by molar-refractivity contribution is 0.0814. The smallest absolute Gasteiger partial charge is 0.270 e. The van der Waals surface area contributed by atoms with Crippen LogP contribution >= 0.6 is 0 Å². The second-order valence-electron chi connectivity index (χ2n) is 10.8. The molecule has 2 amide bonds. The van der Waals surface area contributed by atoms with Crippen molar-refractivity contribution in [2.24, 2.45) is 0 Å². The van der Waals surface area contributed by atoms with Gasteiger partial charge in [0.2, 0.25) is 5.95 Å². The minimum Gasteiger partial charge on any atom is -0.350 e. The fraction of sp³-hybridized carbons (Fsp3) is 0.536. The van der Waals surface area contributed by atoms with Crippen LogP contribution in [0.3, 0.4) is 0 Å². The predicted octanol–water partition coefficient (Wildman–Crippen LogP) is 4.04. The van der Waals surface area contributed by atoms with Crippen LogP contribution in [0.4, 0.5) is 11.8 Å². The van der Waals surface area contributed by atoms with E-state index in [4.69, 9.17) is 4.98 Å². The van der Waals surface area contributed by atoms with Crippen LogP contribution in [-0.2, 0) is 0 Å². The molecule has 0 radical (unpaired) electrons. The van der Waals surface area contributed by atoms with Crippen LogP contribution in [0.2, 0.25) is 0 Å². The van der Waals surface area contributed by atoms with Gasteiger partial charge in [-0.2, -0.15) is 4.98 Å². The Morgan fingerprint density at radius 2 is 1.84 bits per heavy atom.